The van der Waals surface area contributed by atoms with E-state index in [1.807, 2.05) is 72.8 Å². The van der Waals surface area contributed by atoms with Crippen molar-refractivity contribution in [3.8, 4) is 0 Å². The molecule has 0 aliphatic carbocycles. The van der Waals surface area contributed by atoms with Crippen LogP contribution in [-0.4, -0.2) is 21.9 Å². The zero-order valence-electron chi connectivity index (χ0n) is 17.5. The van der Waals surface area contributed by atoms with Crippen molar-refractivity contribution in [1.29, 1.82) is 0 Å². The van der Waals surface area contributed by atoms with E-state index in [2.05, 4.69) is 39.8 Å². The molecule has 4 rings (SSSR count). The molecule has 6 heteroatoms. The van der Waals surface area contributed by atoms with Crippen molar-refractivity contribution in [2.75, 3.05) is 11.1 Å². The van der Waals surface area contributed by atoms with Gasteiger partial charge in [-0.1, -0.05) is 114 Å². The quantitative estimate of drug-likeness (QED) is 0.103. The van der Waals surface area contributed by atoms with E-state index >= 15 is 0 Å². The number of benzene rings is 3. The van der Waals surface area contributed by atoms with E-state index in [4.69, 9.17) is 0 Å². The van der Waals surface area contributed by atoms with Gasteiger partial charge in [-0.2, -0.15) is 0 Å². The van der Waals surface area contributed by atoms with Crippen molar-refractivity contribution in [1.82, 2.24) is 10.2 Å². The second kappa shape index (κ2) is 11.4. The molecule has 0 unspecified atom stereocenters. The normalized spacial score (nSPS) is 11.3. The van der Waals surface area contributed by atoms with Gasteiger partial charge in [-0.15, -0.1) is 10.2 Å². The summed E-state index contributed by atoms with van der Waals surface area (Å²) in [5, 5.41) is 11.8. The molecule has 0 radical (unpaired) electrons. The van der Waals surface area contributed by atoms with Gasteiger partial charge in [0, 0.05) is 11.3 Å². The van der Waals surface area contributed by atoms with Crippen LogP contribution in [-0.2, 0) is 11.2 Å². The summed E-state index contributed by atoms with van der Waals surface area (Å²) in [4.78, 5) is 13.1. The number of thioether (sulfide) groups is 1. The fourth-order valence-electron chi connectivity index (χ4n) is 3.18. The van der Waals surface area contributed by atoms with Gasteiger partial charge in [-0.3, -0.25) is 10.1 Å². The molecule has 0 aliphatic heterocycles. The maximum atomic E-state index is 13.1. The summed E-state index contributed by atoms with van der Waals surface area (Å²) < 4.78 is 0.863. The average Bonchev–Trinajstić information content (AvgIpc) is 3.29. The molecule has 1 heterocycles. The van der Waals surface area contributed by atoms with Crippen LogP contribution in [0.1, 0.15) is 23.1 Å². The first kappa shape index (κ1) is 22.0. The second-order valence-corrected chi connectivity index (χ2v) is 9.42. The van der Waals surface area contributed by atoms with Gasteiger partial charge in [0.25, 0.3) is 5.91 Å². The Morgan fingerprint density at radius 3 is 2.25 bits per heavy atom. The Morgan fingerprint density at radius 2 is 1.53 bits per heavy atom. The summed E-state index contributed by atoms with van der Waals surface area (Å²) in [6.45, 7) is 0. The highest BCUT2D eigenvalue weighted by Gasteiger charge is 2.15. The van der Waals surface area contributed by atoms with Crippen LogP contribution in [0, 0.1) is 0 Å². The molecule has 1 aromatic heterocycles. The Kier molecular flexibility index (Phi) is 7.84. The number of hydrogen-bond donors (Lipinski definition) is 1. The molecule has 4 aromatic rings. The summed E-state index contributed by atoms with van der Waals surface area (Å²) in [5.41, 5.74) is 3.75. The Balaban J connectivity index is 1.38. The van der Waals surface area contributed by atoms with Crippen molar-refractivity contribution in [2.45, 2.75) is 17.2 Å². The lowest BCUT2D eigenvalue weighted by atomic mass is 10.0. The van der Waals surface area contributed by atoms with E-state index in [0.717, 1.165) is 34.1 Å². The number of aryl methyl sites for hydroxylation is 1. The lowest BCUT2D eigenvalue weighted by Crippen LogP contribution is -2.13. The van der Waals surface area contributed by atoms with Gasteiger partial charge in [-0.25, -0.2) is 0 Å². The molecule has 0 spiro atoms. The number of nitrogens with zero attached hydrogens (tertiary/aromatic N) is 2. The number of hydrogen-bond acceptors (Lipinski definition) is 5. The van der Waals surface area contributed by atoms with Crippen LogP contribution in [0.2, 0.25) is 0 Å². The fourth-order valence-corrected chi connectivity index (χ4v) is 4.93. The largest absolute Gasteiger partial charge is 0.296 e. The van der Waals surface area contributed by atoms with Crippen LogP contribution < -0.4 is 5.32 Å². The van der Waals surface area contributed by atoms with E-state index in [0.29, 0.717) is 10.7 Å². The molecule has 0 fully saturated rings. The highest BCUT2D eigenvalue weighted by Crippen LogP contribution is 2.28. The van der Waals surface area contributed by atoms with Gasteiger partial charge in [0.2, 0.25) is 5.13 Å². The van der Waals surface area contributed by atoms with Crippen LogP contribution in [0.15, 0.2) is 95.3 Å². The summed E-state index contributed by atoms with van der Waals surface area (Å²) in [6, 6.07) is 30.0. The average molecular weight is 458 g/mol. The molecule has 1 N–H and O–H groups in total. The fraction of sp³-hybridized carbons (Fsp3) is 0.115. The summed E-state index contributed by atoms with van der Waals surface area (Å²) >= 11 is 3.08. The second-order valence-electron chi connectivity index (χ2n) is 7.10. The molecule has 32 heavy (non-hydrogen) atoms. The van der Waals surface area contributed by atoms with Crippen molar-refractivity contribution >= 4 is 45.8 Å². The van der Waals surface area contributed by atoms with Crippen LogP contribution in [0.3, 0.4) is 0 Å². The first-order valence-electron chi connectivity index (χ1n) is 10.4. The third-order valence-electron chi connectivity index (χ3n) is 4.75. The lowest BCUT2D eigenvalue weighted by molar-refractivity contribution is -0.111. The Hall–Kier alpha value is -3.22. The number of carbonyl (C=O) groups excluding carboxylic acids is 1. The van der Waals surface area contributed by atoms with Gasteiger partial charge >= 0.3 is 0 Å². The molecular weight excluding hydrogens is 434 g/mol. The monoisotopic (exact) mass is 457 g/mol. The lowest BCUT2D eigenvalue weighted by Gasteiger charge is -2.07. The molecule has 0 saturated carbocycles. The molecule has 0 atom stereocenters. The van der Waals surface area contributed by atoms with Crippen molar-refractivity contribution in [2.24, 2.45) is 0 Å². The summed E-state index contributed by atoms with van der Waals surface area (Å²) in [6.07, 6.45) is 4.00. The molecule has 0 bridgehead atoms. The first-order chi connectivity index (χ1) is 15.8. The number of amides is 1. The number of rotatable bonds is 9. The Morgan fingerprint density at radius 1 is 0.875 bits per heavy atom. The minimum Gasteiger partial charge on any atom is -0.296 e. The summed E-state index contributed by atoms with van der Waals surface area (Å²) in [7, 11) is 0. The molecule has 1 amide bonds. The molecular formula is C26H23N3OS2. The Labute approximate surface area is 196 Å². The van der Waals surface area contributed by atoms with Crippen molar-refractivity contribution in [3.63, 3.8) is 0 Å². The van der Waals surface area contributed by atoms with Crippen molar-refractivity contribution in [3.05, 3.63) is 108 Å². The van der Waals surface area contributed by atoms with Gasteiger partial charge < -0.3 is 0 Å². The minimum absolute atomic E-state index is 0.197. The van der Waals surface area contributed by atoms with Gasteiger partial charge in [-0.05, 0) is 35.6 Å². The van der Waals surface area contributed by atoms with Crippen LogP contribution in [0.25, 0.3) is 11.6 Å². The topological polar surface area (TPSA) is 54.9 Å². The molecule has 3 aromatic carbocycles. The van der Waals surface area contributed by atoms with Crippen LogP contribution in [0.5, 0.6) is 0 Å². The number of anilines is 1. The van der Waals surface area contributed by atoms with Crippen molar-refractivity contribution < 1.29 is 4.79 Å². The third kappa shape index (κ3) is 6.39. The van der Waals surface area contributed by atoms with E-state index < -0.39 is 0 Å². The predicted molar refractivity (Wildman–Crippen MR) is 135 cm³/mol. The smallest absolute Gasteiger partial charge is 0.258 e. The van der Waals surface area contributed by atoms with Crippen LogP contribution in [0.4, 0.5) is 5.13 Å². The number of nitrogens with one attached hydrogen (secondary N) is 1. The zero-order valence-corrected chi connectivity index (χ0v) is 19.1. The molecule has 160 valence electrons. The van der Waals surface area contributed by atoms with E-state index in [9.17, 15) is 4.79 Å². The maximum absolute atomic E-state index is 13.1. The van der Waals surface area contributed by atoms with E-state index in [1.165, 1.54) is 16.9 Å². The first-order valence-corrected chi connectivity index (χ1v) is 12.2. The zero-order chi connectivity index (χ0) is 22.0. The highest BCUT2D eigenvalue weighted by molar-refractivity contribution is 8.01. The number of carbonyl (C=O) groups is 1. The Bertz CT molecular complexity index is 1160. The molecule has 0 aliphatic rings. The van der Waals surface area contributed by atoms with E-state index in [1.54, 1.807) is 11.8 Å². The SMILES string of the molecule is O=C(Nc1nnc(SCCCc2ccccc2)s1)/C(=C/c1ccccc1)c1ccccc1. The minimum atomic E-state index is -0.197. The van der Waals surface area contributed by atoms with Crippen LogP contribution >= 0.6 is 23.1 Å². The van der Waals surface area contributed by atoms with Gasteiger partial charge in [0.05, 0.1) is 0 Å². The molecule has 0 saturated heterocycles. The highest BCUT2D eigenvalue weighted by atomic mass is 32.2. The van der Waals surface area contributed by atoms with Gasteiger partial charge in [0.1, 0.15) is 0 Å². The van der Waals surface area contributed by atoms with Gasteiger partial charge in [0.15, 0.2) is 4.34 Å². The summed E-state index contributed by atoms with van der Waals surface area (Å²) in [5.74, 6) is 0.762. The predicted octanol–water partition coefficient (Wildman–Crippen LogP) is 6.44. The maximum Gasteiger partial charge on any atom is 0.258 e. The number of aromatic nitrogens is 2. The third-order valence-corrected chi connectivity index (χ3v) is 6.80. The van der Waals surface area contributed by atoms with E-state index in [-0.39, 0.29) is 5.91 Å². The standard InChI is InChI=1S/C26H23N3OS2/c30-24(23(22-16-8-3-9-17-22)19-21-13-6-2-7-14-21)27-25-28-29-26(32-25)31-18-10-15-20-11-4-1-5-12-20/h1-9,11-14,16-17,19H,10,15,18H2,(H,27,28,30)/b23-19+. The molecule has 4 nitrogen and oxygen atoms in total.